The average molecular weight is 528 g/mol. The molecule has 6 aromatic rings. The number of para-hydroxylation sites is 3. The molecule has 0 unspecified atom stereocenters. The quantitative estimate of drug-likeness (QED) is 0.273. The Bertz CT molecular complexity index is 1770. The first kappa shape index (κ1) is 23.8. The second kappa shape index (κ2) is 9.81. The molecular formula is C36H25N3Si. The van der Waals surface area contributed by atoms with Crippen LogP contribution in [0.15, 0.2) is 152 Å². The van der Waals surface area contributed by atoms with Crippen molar-refractivity contribution in [2.45, 2.75) is 0 Å². The van der Waals surface area contributed by atoms with Crippen molar-refractivity contribution in [2.75, 3.05) is 4.90 Å². The molecule has 0 amide bonds. The van der Waals surface area contributed by atoms with E-state index in [2.05, 4.69) is 149 Å². The van der Waals surface area contributed by atoms with Crippen LogP contribution in [0.5, 0.6) is 0 Å². The first-order valence-electron chi connectivity index (χ1n) is 13.4. The Hall–Kier alpha value is -5.24. The fourth-order valence-electron chi connectivity index (χ4n) is 6.20. The monoisotopic (exact) mass is 527 g/mol. The standard InChI is InChI=1S/C36H25N3Si/c37-25-28-24-23-27(26-38-28)31-17-7-8-18-32(31)39-33-19-9-11-21-35(33)40(29-13-3-1-4-14-29,30-15-5-2-6-16-30)36-22-12-10-20-34(36)39/h1-24,26H. The molecule has 0 aliphatic carbocycles. The van der Waals surface area contributed by atoms with Gasteiger partial charge in [0.2, 0.25) is 0 Å². The van der Waals surface area contributed by atoms with E-state index < -0.39 is 8.07 Å². The highest BCUT2D eigenvalue weighted by molar-refractivity contribution is 7.21. The summed E-state index contributed by atoms with van der Waals surface area (Å²) in [5.74, 6) is 0. The minimum Gasteiger partial charge on any atom is -0.310 e. The molecule has 0 bridgehead atoms. The number of rotatable bonds is 4. The van der Waals surface area contributed by atoms with E-state index in [0.717, 1.165) is 16.8 Å². The molecule has 188 valence electrons. The first-order valence-corrected chi connectivity index (χ1v) is 15.4. The molecule has 0 atom stereocenters. The summed E-state index contributed by atoms with van der Waals surface area (Å²) >= 11 is 0. The van der Waals surface area contributed by atoms with Crippen LogP contribution < -0.4 is 25.6 Å². The third-order valence-corrected chi connectivity index (χ3v) is 12.7. The predicted octanol–water partition coefficient (Wildman–Crippen LogP) is 5.78. The molecule has 1 aliphatic rings. The summed E-state index contributed by atoms with van der Waals surface area (Å²) < 4.78 is 0. The Morgan fingerprint density at radius 1 is 0.525 bits per heavy atom. The van der Waals surface area contributed by atoms with Crippen LogP contribution in [0.25, 0.3) is 11.1 Å². The zero-order valence-electron chi connectivity index (χ0n) is 21.8. The first-order chi connectivity index (χ1) is 19.8. The maximum atomic E-state index is 9.30. The van der Waals surface area contributed by atoms with E-state index in [1.54, 1.807) is 12.3 Å². The summed E-state index contributed by atoms with van der Waals surface area (Å²) in [5.41, 5.74) is 5.92. The summed E-state index contributed by atoms with van der Waals surface area (Å²) in [6.07, 6.45) is 1.80. The van der Waals surface area contributed by atoms with E-state index in [1.165, 1.54) is 32.1 Å². The molecule has 40 heavy (non-hydrogen) atoms. The van der Waals surface area contributed by atoms with Crippen molar-refractivity contribution in [2.24, 2.45) is 0 Å². The topological polar surface area (TPSA) is 39.9 Å². The van der Waals surface area contributed by atoms with Gasteiger partial charge in [-0.05, 0) is 51.1 Å². The summed E-state index contributed by atoms with van der Waals surface area (Å²) in [5, 5.41) is 14.7. The lowest BCUT2D eigenvalue weighted by Gasteiger charge is -2.45. The lowest BCUT2D eigenvalue weighted by Crippen LogP contribution is -2.77. The number of nitriles is 1. The van der Waals surface area contributed by atoms with Gasteiger partial charge in [0.15, 0.2) is 8.07 Å². The Kier molecular flexibility index (Phi) is 5.85. The van der Waals surface area contributed by atoms with E-state index in [9.17, 15) is 5.26 Å². The second-order valence-electron chi connectivity index (χ2n) is 9.91. The van der Waals surface area contributed by atoms with Crippen LogP contribution in [-0.2, 0) is 0 Å². The third kappa shape index (κ3) is 3.60. The van der Waals surface area contributed by atoms with Gasteiger partial charge in [0, 0.05) is 28.7 Å². The van der Waals surface area contributed by atoms with Gasteiger partial charge < -0.3 is 4.90 Å². The van der Waals surface area contributed by atoms with Crippen molar-refractivity contribution in [1.82, 2.24) is 4.98 Å². The fourth-order valence-corrected chi connectivity index (χ4v) is 11.3. The largest absolute Gasteiger partial charge is 0.310 e. The Labute approximate surface area is 235 Å². The highest BCUT2D eigenvalue weighted by Crippen LogP contribution is 2.42. The maximum Gasteiger partial charge on any atom is 0.184 e. The molecule has 0 saturated carbocycles. The van der Waals surface area contributed by atoms with Crippen molar-refractivity contribution < 1.29 is 0 Å². The number of hydrogen-bond acceptors (Lipinski definition) is 3. The SMILES string of the molecule is N#Cc1ccc(-c2ccccc2N2c3ccccc3[Si](c3ccccc3)(c3ccccc3)c3ccccc32)cn1. The Morgan fingerprint density at radius 3 is 1.55 bits per heavy atom. The van der Waals surface area contributed by atoms with Crippen molar-refractivity contribution in [3.63, 3.8) is 0 Å². The molecule has 7 rings (SSSR count). The second-order valence-corrected chi connectivity index (χ2v) is 13.6. The van der Waals surface area contributed by atoms with Gasteiger partial charge in [-0.2, -0.15) is 5.26 Å². The summed E-state index contributed by atoms with van der Waals surface area (Å²) in [6, 6.07) is 54.3. The van der Waals surface area contributed by atoms with E-state index in [-0.39, 0.29) is 0 Å². The molecule has 0 fully saturated rings. The van der Waals surface area contributed by atoms with Gasteiger partial charge in [-0.1, -0.05) is 115 Å². The highest BCUT2D eigenvalue weighted by atomic mass is 28.3. The number of hydrogen-bond donors (Lipinski definition) is 0. The minimum atomic E-state index is -2.65. The zero-order valence-corrected chi connectivity index (χ0v) is 22.8. The number of nitrogens with zero attached hydrogens (tertiary/aromatic N) is 3. The van der Waals surface area contributed by atoms with Crippen LogP contribution >= 0.6 is 0 Å². The molecule has 0 radical (unpaired) electrons. The van der Waals surface area contributed by atoms with Crippen LogP contribution in [0.4, 0.5) is 17.1 Å². The van der Waals surface area contributed by atoms with Crippen molar-refractivity contribution >= 4 is 45.9 Å². The average Bonchev–Trinajstić information content (AvgIpc) is 3.04. The Morgan fingerprint density at radius 2 is 1.02 bits per heavy atom. The van der Waals surface area contributed by atoms with Crippen LogP contribution in [-0.4, -0.2) is 13.1 Å². The normalized spacial score (nSPS) is 13.1. The number of aromatic nitrogens is 1. The molecule has 0 N–H and O–H groups in total. The molecule has 2 heterocycles. The zero-order chi connectivity index (χ0) is 26.9. The van der Waals surface area contributed by atoms with E-state index in [1.807, 2.05) is 6.07 Å². The van der Waals surface area contributed by atoms with E-state index in [4.69, 9.17) is 0 Å². The molecule has 5 aromatic carbocycles. The van der Waals surface area contributed by atoms with Crippen LogP contribution in [0.2, 0.25) is 0 Å². The minimum absolute atomic E-state index is 0.413. The summed E-state index contributed by atoms with van der Waals surface area (Å²) in [7, 11) is -2.65. The molecule has 4 heteroatoms. The summed E-state index contributed by atoms with van der Waals surface area (Å²) in [4.78, 5) is 6.79. The maximum absolute atomic E-state index is 9.30. The lowest BCUT2D eigenvalue weighted by molar-refractivity contribution is 1.25. The van der Waals surface area contributed by atoms with Gasteiger partial charge in [-0.3, -0.25) is 0 Å². The van der Waals surface area contributed by atoms with E-state index in [0.29, 0.717) is 5.69 Å². The number of benzene rings is 5. The molecule has 0 spiro atoms. The van der Waals surface area contributed by atoms with Crippen molar-refractivity contribution in [3.8, 4) is 17.2 Å². The molecule has 1 aromatic heterocycles. The van der Waals surface area contributed by atoms with Gasteiger partial charge in [-0.25, -0.2) is 4.98 Å². The van der Waals surface area contributed by atoms with Gasteiger partial charge in [-0.15, -0.1) is 0 Å². The van der Waals surface area contributed by atoms with Gasteiger partial charge >= 0.3 is 0 Å². The summed E-state index contributed by atoms with van der Waals surface area (Å²) in [6.45, 7) is 0. The number of fused-ring (bicyclic) bond motifs is 2. The van der Waals surface area contributed by atoms with Gasteiger partial charge in [0.1, 0.15) is 11.8 Å². The van der Waals surface area contributed by atoms with Gasteiger partial charge in [0.25, 0.3) is 0 Å². The van der Waals surface area contributed by atoms with Crippen LogP contribution in [0.1, 0.15) is 5.69 Å². The van der Waals surface area contributed by atoms with Crippen LogP contribution in [0.3, 0.4) is 0 Å². The van der Waals surface area contributed by atoms with Crippen molar-refractivity contribution in [1.29, 1.82) is 5.26 Å². The predicted molar refractivity (Wildman–Crippen MR) is 166 cm³/mol. The number of pyridine rings is 1. The smallest absolute Gasteiger partial charge is 0.184 e. The molecule has 1 aliphatic heterocycles. The molecular weight excluding hydrogens is 503 g/mol. The van der Waals surface area contributed by atoms with E-state index >= 15 is 0 Å². The fraction of sp³-hybridized carbons (Fsp3) is 0. The Balaban J connectivity index is 1.56. The van der Waals surface area contributed by atoms with Crippen LogP contribution in [0, 0.1) is 11.3 Å². The molecule has 0 saturated heterocycles. The number of anilines is 3. The highest BCUT2D eigenvalue weighted by Gasteiger charge is 2.48. The van der Waals surface area contributed by atoms with Gasteiger partial charge in [0.05, 0.1) is 5.69 Å². The van der Waals surface area contributed by atoms with Crippen molar-refractivity contribution in [3.05, 3.63) is 157 Å². The molecule has 3 nitrogen and oxygen atoms in total. The lowest BCUT2D eigenvalue weighted by atomic mass is 10.0. The third-order valence-electron chi connectivity index (χ3n) is 7.85.